The molecule has 0 radical (unpaired) electrons. The summed E-state index contributed by atoms with van der Waals surface area (Å²) in [6.45, 7) is 1.62. The molecule has 0 fully saturated rings. The van der Waals surface area contributed by atoms with Crippen LogP contribution in [0.25, 0.3) is 0 Å². The van der Waals surface area contributed by atoms with Gasteiger partial charge in [0.1, 0.15) is 17.5 Å². The lowest BCUT2D eigenvalue weighted by molar-refractivity contribution is 0.0419. The lowest BCUT2D eigenvalue weighted by atomic mass is 10.0. The van der Waals surface area contributed by atoms with Crippen LogP contribution >= 0.6 is 0 Å². The third-order valence-electron chi connectivity index (χ3n) is 2.55. The normalized spacial score (nSPS) is 17.5. The van der Waals surface area contributed by atoms with Crippen molar-refractivity contribution in [2.75, 3.05) is 0 Å². The minimum atomic E-state index is -1.19. The fourth-order valence-electron chi connectivity index (χ4n) is 1.79. The number of hydrogen-bond acceptors (Lipinski definition) is 3. The molecule has 0 bridgehead atoms. The van der Waals surface area contributed by atoms with E-state index in [0.717, 1.165) is 6.07 Å². The Kier molecular flexibility index (Phi) is 2.71. The molecule has 6 heteroatoms. The molecule has 1 aromatic rings. The van der Waals surface area contributed by atoms with Crippen molar-refractivity contribution >= 4 is 12.1 Å². The molecule has 5 nitrogen and oxygen atoms in total. The van der Waals surface area contributed by atoms with E-state index < -0.39 is 24.0 Å². The Morgan fingerprint density at radius 1 is 1.59 bits per heavy atom. The van der Waals surface area contributed by atoms with E-state index in [1.165, 1.54) is 0 Å². The van der Waals surface area contributed by atoms with Crippen LogP contribution in [0.3, 0.4) is 0 Å². The highest BCUT2D eigenvalue weighted by Crippen LogP contribution is 2.32. The number of ether oxygens (including phenoxy) is 1. The van der Waals surface area contributed by atoms with E-state index in [4.69, 9.17) is 9.84 Å². The maximum Gasteiger partial charge on any atom is 0.404 e. The van der Waals surface area contributed by atoms with E-state index in [0.29, 0.717) is 11.1 Å². The molecule has 0 aromatic heterocycles. The highest BCUT2D eigenvalue weighted by molar-refractivity contribution is 5.94. The van der Waals surface area contributed by atoms with Gasteiger partial charge in [-0.05, 0) is 24.6 Å². The number of amides is 1. The van der Waals surface area contributed by atoms with Crippen molar-refractivity contribution in [1.29, 1.82) is 0 Å². The van der Waals surface area contributed by atoms with E-state index >= 15 is 0 Å². The number of hydrogen-bond donors (Lipinski definition) is 2. The molecule has 1 atom stereocenters. The minimum absolute atomic E-state index is 0.0134. The minimum Gasteiger partial charge on any atom is -0.465 e. The summed E-state index contributed by atoms with van der Waals surface area (Å²) in [7, 11) is 0. The van der Waals surface area contributed by atoms with Crippen molar-refractivity contribution < 1.29 is 23.8 Å². The summed E-state index contributed by atoms with van der Waals surface area (Å²) >= 11 is 0. The molecular weight excluding hydrogens is 229 g/mol. The van der Waals surface area contributed by atoms with Gasteiger partial charge in [-0.2, -0.15) is 0 Å². The van der Waals surface area contributed by atoms with Gasteiger partial charge in [-0.15, -0.1) is 0 Å². The second-order valence-electron chi connectivity index (χ2n) is 3.75. The van der Waals surface area contributed by atoms with Gasteiger partial charge in [0.15, 0.2) is 0 Å². The second-order valence-corrected chi connectivity index (χ2v) is 3.75. The van der Waals surface area contributed by atoms with Gasteiger partial charge in [0.2, 0.25) is 0 Å². The number of rotatable bonds is 2. The second kappa shape index (κ2) is 4.04. The van der Waals surface area contributed by atoms with Crippen LogP contribution < -0.4 is 5.32 Å². The Balaban J connectivity index is 2.34. The number of carbonyl (C=O) groups excluding carboxylic acids is 1. The summed E-state index contributed by atoms with van der Waals surface area (Å²) in [4.78, 5) is 21.6. The molecular formula is C11H10FNO4. The first-order chi connectivity index (χ1) is 7.99. The molecule has 17 heavy (non-hydrogen) atoms. The molecule has 0 saturated heterocycles. The van der Waals surface area contributed by atoms with Crippen molar-refractivity contribution in [2.24, 2.45) is 0 Å². The summed E-state index contributed by atoms with van der Waals surface area (Å²) in [6.07, 6.45) is -1.69. The average molecular weight is 239 g/mol. The van der Waals surface area contributed by atoms with E-state index in [2.05, 4.69) is 5.32 Å². The van der Waals surface area contributed by atoms with Crippen LogP contribution in [0, 0.1) is 5.82 Å². The lowest BCUT2D eigenvalue weighted by Gasteiger charge is -2.06. The van der Waals surface area contributed by atoms with Crippen LogP contribution in [-0.2, 0) is 11.3 Å². The van der Waals surface area contributed by atoms with Crippen molar-refractivity contribution in [3.05, 3.63) is 34.6 Å². The molecule has 0 spiro atoms. The van der Waals surface area contributed by atoms with Gasteiger partial charge in [-0.1, -0.05) is 0 Å². The highest BCUT2D eigenvalue weighted by Gasteiger charge is 2.31. The predicted octanol–water partition coefficient (Wildman–Crippen LogP) is 1.82. The SMILES string of the molecule is CC1OC(=O)c2c(F)cc(CNC(=O)O)cc21. The number of cyclic esters (lactones) is 1. The van der Waals surface area contributed by atoms with Gasteiger partial charge in [0.05, 0.1) is 0 Å². The summed E-state index contributed by atoms with van der Waals surface area (Å²) in [5.41, 5.74) is 0.850. The first-order valence-electron chi connectivity index (χ1n) is 4.99. The first kappa shape index (κ1) is 11.4. The molecule has 2 rings (SSSR count). The predicted molar refractivity (Wildman–Crippen MR) is 55.1 cm³/mol. The molecule has 2 N–H and O–H groups in total. The Morgan fingerprint density at radius 3 is 2.94 bits per heavy atom. The third-order valence-corrected chi connectivity index (χ3v) is 2.55. The molecule has 1 amide bonds. The third kappa shape index (κ3) is 2.06. The number of fused-ring (bicyclic) bond motifs is 1. The maximum atomic E-state index is 13.6. The Hall–Kier alpha value is -2.11. The molecule has 0 saturated carbocycles. The quantitative estimate of drug-likeness (QED) is 0.772. The van der Waals surface area contributed by atoms with Gasteiger partial charge < -0.3 is 15.2 Å². The number of esters is 1. The van der Waals surface area contributed by atoms with Gasteiger partial charge in [0.25, 0.3) is 0 Å². The number of halogens is 1. The van der Waals surface area contributed by atoms with Crippen molar-refractivity contribution in [3.63, 3.8) is 0 Å². The molecule has 1 aliphatic rings. The van der Waals surface area contributed by atoms with Gasteiger partial charge in [-0.3, -0.25) is 0 Å². The molecule has 1 heterocycles. The Labute approximate surface area is 96.2 Å². The van der Waals surface area contributed by atoms with Crippen molar-refractivity contribution in [2.45, 2.75) is 19.6 Å². The van der Waals surface area contributed by atoms with Crippen LogP contribution in [0.5, 0.6) is 0 Å². The zero-order chi connectivity index (χ0) is 12.6. The zero-order valence-corrected chi connectivity index (χ0v) is 8.99. The topological polar surface area (TPSA) is 75.6 Å². The standard InChI is InChI=1S/C11H10FNO4/c1-5-7-2-6(4-13-11(15)16)3-8(12)9(7)10(14)17-5/h2-3,5,13H,4H2,1H3,(H,15,16). The van der Waals surface area contributed by atoms with Gasteiger partial charge >= 0.3 is 12.1 Å². The number of benzene rings is 1. The molecule has 1 aliphatic heterocycles. The highest BCUT2D eigenvalue weighted by atomic mass is 19.1. The fraction of sp³-hybridized carbons (Fsp3) is 0.273. The van der Waals surface area contributed by atoms with Gasteiger partial charge in [-0.25, -0.2) is 14.0 Å². The molecule has 0 aliphatic carbocycles. The number of carboxylic acid groups (broad SMARTS) is 1. The van der Waals surface area contributed by atoms with E-state index in [1.54, 1.807) is 13.0 Å². The van der Waals surface area contributed by atoms with Crippen LogP contribution in [0.2, 0.25) is 0 Å². The lowest BCUT2D eigenvalue weighted by Crippen LogP contribution is -2.20. The van der Waals surface area contributed by atoms with Crippen molar-refractivity contribution in [3.8, 4) is 0 Å². The van der Waals surface area contributed by atoms with Gasteiger partial charge in [0, 0.05) is 12.1 Å². The molecule has 1 unspecified atom stereocenters. The summed E-state index contributed by atoms with van der Waals surface area (Å²) in [5, 5.41) is 10.6. The smallest absolute Gasteiger partial charge is 0.404 e. The van der Waals surface area contributed by atoms with Crippen LogP contribution in [-0.4, -0.2) is 17.2 Å². The first-order valence-corrected chi connectivity index (χ1v) is 4.99. The summed E-state index contributed by atoms with van der Waals surface area (Å²) < 4.78 is 18.5. The Morgan fingerprint density at radius 2 is 2.29 bits per heavy atom. The average Bonchev–Trinajstić information content (AvgIpc) is 2.52. The maximum absolute atomic E-state index is 13.6. The van der Waals surface area contributed by atoms with E-state index in [-0.39, 0.29) is 12.1 Å². The number of carbonyl (C=O) groups is 2. The largest absolute Gasteiger partial charge is 0.465 e. The summed E-state index contributed by atoms with van der Waals surface area (Å²) in [6, 6.07) is 2.71. The van der Waals surface area contributed by atoms with Crippen LogP contribution in [0.1, 0.15) is 34.5 Å². The monoisotopic (exact) mass is 239 g/mol. The summed E-state index contributed by atoms with van der Waals surface area (Å²) in [5.74, 6) is -1.36. The van der Waals surface area contributed by atoms with E-state index in [1.807, 2.05) is 0 Å². The Bertz CT molecular complexity index is 500. The van der Waals surface area contributed by atoms with Crippen LogP contribution in [0.4, 0.5) is 9.18 Å². The van der Waals surface area contributed by atoms with Crippen LogP contribution in [0.15, 0.2) is 12.1 Å². The number of nitrogens with one attached hydrogen (secondary N) is 1. The zero-order valence-electron chi connectivity index (χ0n) is 8.99. The van der Waals surface area contributed by atoms with E-state index in [9.17, 15) is 14.0 Å². The van der Waals surface area contributed by atoms with Crippen molar-refractivity contribution in [1.82, 2.24) is 5.32 Å². The fourth-order valence-corrected chi connectivity index (χ4v) is 1.79. The molecule has 1 aromatic carbocycles. The molecule has 90 valence electrons.